The Morgan fingerprint density at radius 3 is 1.51 bits per heavy atom. The molecule has 0 radical (unpaired) electrons. The highest BCUT2D eigenvalue weighted by atomic mass is 16.3. The van der Waals surface area contributed by atoms with E-state index in [2.05, 4.69) is 240 Å². The van der Waals surface area contributed by atoms with Crippen LogP contribution in [0.5, 0.6) is 0 Å². The van der Waals surface area contributed by atoms with E-state index in [0.717, 1.165) is 72.5 Å². The van der Waals surface area contributed by atoms with E-state index in [1.165, 1.54) is 38.5 Å². The molecule has 0 bridgehead atoms. The molecule has 0 aliphatic heterocycles. The average Bonchev–Trinajstić information content (AvgIpc) is 3.91. The quantitative estimate of drug-likeness (QED) is 0.153. The lowest BCUT2D eigenvalue weighted by Gasteiger charge is -2.26. The summed E-state index contributed by atoms with van der Waals surface area (Å²) < 4.78 is 8.85. The largest absolute Gasteiger partial charge is 0.455 e. The van der Waals surface area contributed by atoms with E-state index in [1.54, 1.807) is 0 Å². The summed E-state index contributed by atoms with van der Waals surface area (Å²) in [5.41, 5.74) is 17.8. The standard InChI is InChI=1S/C60H40N2O/c1-3-15-41(16-4-1)45-33-38-50(58(40-45)62-56-26-10-7-21-52(56)53-22-8-11-27-57(53)62)43-31-36-49(37-32-43)61(47-19-5-2-6-20-47)48-34-29-42(30-35-48)44-17-13-18-46(39-44)51-24-14-25-55-54-23-9-12-28-59(54)63-60(51)55/h1-40H. The Bertz CT molecular complexity index is 3550. The third kappa shape index (κ3) is 6.38. The smallest absolute Gasteiger partial charge is 0.143 e. The average molecular weight is 805 g/mol. The minimum absolute atomic E-state index is 0.908. The third-order valence-electron chi connectivity index (χ3n) is 12.4. The Kier molecular flexibility index (Phi) is 8.83. The number of anilines is 3. The van der Waals surface area contributed by atoms with Crippen LogP contribution in [0.3, 0.4) is 0 Å². The van der Waals surface area contributed by atoms with Crippen molar-refractivity contribution in [2.45, 2.75) is 0 Å². The second-order valence-corrected chi connectivity index (χ2v) is 16.1. The van der Waals surface area contributed by atoms with Crippen LogP contribution in [0, 0.1) is 0 Å². The van der Waals surface area contributed by atoms with Gasteiger partial charge in [-0.2, -0.15) is 0 Å². The molecule has 0 amide bonds. The fourth-order valence-electron chi connectivity index (χ4n) is 9.41. The van der Waals surface area contributed by atoms with Gasteiger partial charge in [0.2, 0.25) is 0 Å². The Morgan fingerprint density at radius 2 is 0.794 bits per heavy atom. The van der Waals surface area contributed by atoms with Crippen LogP contribution in [0.25, 0.3) is 93.9 Å². The van der Waals surface area contributed by atoms with Gasteiger partial charge in [0.25, 0.3) is 0 Å². The van der Waals surface area contributed by atoms with E-state index in [4.69, 9.17) is 4.42 Å². The van der Waals surface area contributed by atoms with Crippen LogP contribution >= 0.6 is 0 Å². The lowest BCUT2D eigenvalue weighted by Crippen LogP contribution is -2.09. The molecule has 0 atom stereocenters. The maximum atomic E-state index is 6.41. The van der Waals surface area contributed by atoms with Crippen molar-refractivity contribution in [2.75, 3.05) is 4.90 Å². The number of hydrogen-bond acceptors (Lipinski definition) is 2. The topological polar surface area (TPSA) is 21.3 Å². The number of benzene rings is 10. The van der Waals surface area contributed by atoms with Crippen molar-refractivity contribution >= 4 is 60.8 Å². The molecule has 296 valence electrons. The normalized spacial score (nSPS) is 11.5. The van der Waals surface area contributed by atoms with E-state index in [9.17, 15) is 0 Å². The molecule has 0 unspecified atom stereocenters. The van der Waals surface area contributed by atoms with Crippen LogP contribution in [0.4, 0.5) is 17.1 Å². The second-order valence-electron chi connectivity index (χ2n) is 16.1. The molecule has 2 aromatic heterocycles. The van der Waals surface area contributed by atoms with Crippen molar-refractivity contribution in [3.8, 4) is 50.2 Å². The van der Waals surface area contributed by atoms with Gasteiger partial charge in [0.1, 0.15) is 11.2 Å². The third-order valence-corrected chi connectivity index (χ3v) is 12.4. The number of aromatic nitrogens is 1. The predicted molar refractivity (Wildman–Crippen MR) is 264 cm³/mol. The molecule has 0 aliphatic rings. The van der Waals surface area contributed by atoms with Gasteiger partial charge in [-0.05, 0) is 100 Å². The van der Waals surface area contributed by atoms with Gasteiger partial charge in [-0.1, -0.05) is 176 Å². The number of furan rings is 1. The van der Waals surface area contributed by atoms with Crippen LogP contribution in [-0.4, -0.2) is 4.57 Å². The molecule has 0 aliphatic carbocycles. The van der Waals surface area contributed by atoms with E-state index in [1.807, 2.05) is 12.1 Å². The van der Waals surface area contributed by atoms with Gasteiger partial charge < -0.3 is 13.9 Å². The molecule has 0 saturated carbocycles. The molecule has 63 heavy (non-hydrogen) atoms. The Hall–Kier alpha value is -8.40. The fraction of sp³-hybridized carbons (Fsp3) is 0. The van der Waals surface area contributed by atoms with Crippen LogP contribution in [0.15, 0.2) is 247 Å². The number of fused-ring (bicyclic) bond motifs is 6. The van der Waals surface area contributed by atoms with Gasteiger partial charge in [-0.3, -0.25) is 0 Å². The monoisotopic (exact) mass is 804 g/mol. The molecule has 0 fully saturated rings. The second kappa shape index (κ2) is 15.3. The Labute approximate surface area is 366 Å². The first-order chi connectivity index (χ1) is 31.2. The van der Waals surface area contributed by atoms with E-state index in [0.29, 0.717) is 0 Å². The lowest BCUT2D eigenvalue weighted by atomic mass is 9.97. The van der Waals surface area contributed by atoms with Crippen LogP contribution in [-0.2, 0) is 0 Å². The lowest BCUT2D eigenvalue weighted by molar-refractivity contribution is 0.670. The number of hydrogen-bond donors (Lipinski definition) is 0. The van der Waals surface area contributed by atoms with Crippen LogP contribution < -0.4 is 4.90 Å². The van der Waals surface area contributed by atoms with Gasteiger partial charge in [0, 0.05) is 49.7 Å². The maximum absolute atomic E-state index is 6.41. The molecular formula is C60H40N2O. The summed E-state index contributed by atoms with van der Waals surface area (Å²) in [7, 11) is 0. The maximum Gasteiger partial charge on any atom is 0.143 e. The van der Waals surface area contributed by atoms with Gasteiger partial charge in [-0.25, -0.2) is 0 Å². The molecule has 2 heterocycles. The highest BCUT2D eigenvalue weighted by Gasteiger charge is 2.19. The molecule has 12 rings (SSSR count). The van der Waals surface area contributed by atoms with Gasteiger partial charge in [0.15, 0.2) is 0 Å². The molecule has 3 nitrogen and oxygen atoms in total. The molecular weight excluding hydrogens is 765 g/mol. The zero-order valence-electron chi connectivity index (χ0n) is 34.4. The molecule has 3 heteroatoms. The molecule has 0 spiro atoms. The van der Waals surface area contributed by atoms with Crippen LogP contribution in [0.2, 0.25) is 0 Å². The summed E-state index contributed by atoms with van der Waals surface area (Å²) in [5, 5.41) is 4.77. The van der Waals surface area contributed by atoms with Gasteiger partial charge in [-0.15, -0.1) is 0 Å². The van der Waals surface area contributed by atoms with Crippen molar-refractivity contribution < 1.29 is 4.42 Å². The van der Waals surface area contributed by atoms with Crippen molar-refractivity contribution in [2.24, 2.45) is 0 Å². The zero-order valence-corrected chi connectivity index (χ0v) is 34.4. The van der Waals surface area contributed by atoms with E-state index < -0.39 is 0 Å². The minimum atomic E-state index is 0.908. The molecule has 12 aromatic rings. The Balaban J connectivity index is 0.922. The van der Waals surface area contributed by atoms with Gasteiger partial charge in [0.05, 0.1) is 16.7 Å². The molecule has 10 aromatic carbocycles. The molecule has 0 saturated heterocycles. The minimum Gasteiger partial charge on any atom is -0.455 e. The summed E-state index contributed by atoms with van der Waals surface area (Å²) in [5.74, 6) is 0. The summed E-state index contributed by atoms with van der Waals surface area (Å²) in [6.07, 6.45) is 0. The van der Waals surface area contributed by atoms with Crippen molar-refractivity contribution in [1.82, 2.24) is 4.57 Å². The first-order valence-corrected chi connectivity index (χ1v) is 21.5. The van der Waals surface area contributed by atoms with Crippen molar-refractivity contribution in [3.63, 3.8) is 0 Å². The van der Waals surface area contributed by atoms with Gasteiger partial charge >= 0.3 is 0 Å². The number of rotatable bonds is 8. The highest BCUT2D eigenvalue weighted by molar-refractivity contribution is 6.11. The van der Waals surface area contributed by atoms with E-state index >= 15 is 0 Å². The number of para-hydroxylation sites is 5. The van der Waals surface area contributed by atoms with Crippen molar-refractivity contribution in [1.29, 1.82) is 0 Å². The summed E-state index contributed by atoms with van der Waals surface area (Å²) >= 11 is 0. The first kappa shape index (κ1) is 36.5. The summed E-state index contributed by atoms with van der Waals surface area (Å²) in [6.45, 7) is 0. The predicted octanol–water partition coefficient (Wildman–Crippen LogP) is 16.8. The number of nitrogens with zero attached hydrogens (tertiary/aromatic N) is 2. The van der Waals surface area contributed by atoms with E-state index in [-0.39, 0.29) is 0 Å². The zero-order chi connectivity index (χ0) is 41.7. The fourth-order valence-corrected chi connectivity index (χ4v) is 9.41. The molecule has 0 N–H and O–H groups in total. The highest BCUT2D eigenvalue weighted by Crippen LogP contribution is 2.42. The van der Waals surface area contributed by atoms with Crippen molar-refractivity contribution in [3.05, 3.63) is 243 Å². The summed E-state index contributed by atoms with van der Waals surface area (Å²) in [4.78, 5) is 2.33. The van der Waals surface area contributed by atoms with Crippen LogP contribution in [0.1, 0.15) is 0 Å². The summed E-state index contributed by atoms with van der Waals surface area (Å²) in [6, 6.07) is 87.1. The Morgan fingerprint density at radius 1 is 0.302 bits per heavy atom. The first-order valence-electron chi connectivity index (χ1n) is 21.5. The SMILES string of the molecule is c1ccc(-c2ccc(-c3ccc(N(c4ccccc4)c4ccc(-c5cccc(-c6cccc7c6oc6ccccc67)c5)cc4)cc3)c(-n3c4ccccc4c4ccccc43)c2)cc1.